The Morgan fingerprint density at radius 3 is 3.11 bits per heavy atom. The maximum Gasteiger partial charge on any atom is 0.243 e. The van der Waals surface area contributed by atoms with Gasteiger partial charge in [0, 0.05) is 11.1 Å². The van der Waals surface area contributed by atoms with E-state index in [0.717, 1.165) is 4.88 Å². The first-order valence-corrected chi connectivity index (χ1v) is 7.36. The van der Waals surface area contributed by atoms with E-state index in [1.807, 2.05) is 17.5 Å². The third-order valence-corrected chi connectivity index (χ3v) is 4.10. The van der Waals surface area contributed by atoms with E-state index in [2.05, 4.69) is 31.3 Å². The highest BCUT2D eigenvalue weighted by Gasteiger charge is 2.15. The lowest BCUT2D eigenvalue weighted by Gasteiger charge is -2.06. The summed E-state index contributed by atoms with van der Waals surface area (Å²) in [5.41, 5.74) is 0.271. The van der Waals surface area contributed by atoms with Crippen LogP contribution in [0.25, 0.3) is 5.52 Å². The van der Waals surface area contributed by atoms with Crippen molar-refractivity contribution < 1.29 is 4.39 Å². The van der Waals surface area contributed by atoms with Gasteiger partial charge in [0.25, 0.3) is 0 Å². The molecular weight excluding hydrogens is 355 g/mol. The molecule has 4 nitrogen and oxygen atoms in total. The zero-order chi connectivity index (χ0) is 13.4. The van der Waals surface area contributed by atoms with Crippen LogP contribution in [-0.2, 0) is 6.54 Å². The van der Waals surface area contributed by atoms with E-state index in [0.29, 0.717) is 16.8 Å². The van der Waals surface area contributed by atoms with Crippen LogP contribution in [0.2, 0.25) is 5.28 Å². The summed E-state index contributed by atoms with van der Waals surface area (Å²) in [6, 6.07) is 3.95. The fraction of sp³-hybridized carbons (Fsp3) is 0.0909. The third kappa shape index (κ3) is 2.45. The number of hydrogen-bond acceptors (Lipinski definition) is 4. The van der Waals surface area contributed by atoms with Crippen molar-refractivity contribution in [1.82, 2.24) is 14.6 Å². The number of anilines is 1. The Balaban J connectivity index is 2.01. The van der Waals surface area contributed by atoms with Gasteiger partial charge in [-0.1, -0.05) is 6.07 Å². The highest BCUT2D eigenvalue weighted by molar-refractivity contribution is 9.10. The molecule has 0 atom stereocenters. The van der Waals surface area contributed by atoms with Crippen LogP contribution in [0.4, 0.5) is 10.2 Å². The average molecular weight is 362 g/mol. The molecule has 0 radical (unpaired) electrons. The Bertz CT molecular complexity index is 728. The van der Waals surface area contributed by atoms with Crippen LogP contribution in [0.3, 0.4) is 0 Å². The molecule has 19 heavy (non-hydrogen) atoms. The van der Waals surface area contributed by atoms with E-state index in [-0.39, 0.29) is 10.8 Å². The normalized spacial score (nSPS) is 11.1. The summed E-state index contributed by atoms with van der Waals surface area (Å²) < 4.78 is 15.7. The standard InChI is InChI=1S/C11H7BrClFN4S/c12-7-5-18-9(8(7)14)10(16-11(13)17-18)15-4-6-2-1-3-19-6/h1-3,5H,4H2,(H,15,16,17). The number of fused-ring (bicyclic) bond motifs is 1. The van der Waals surface area contributed by atoms with Gasteiger partial charge in [-0.15, -0.1) is 16.4 Å². The van der Waals surface area contributed by atoms with E-state index >= 15 is 0 Å². The fourth-order valence-electron chi connectivity index (χ4n) is 1.70. The molecule has 0 aliphatic heterocycles. The summed E-state index contributed by atoms with van der Waals surface area (Å²) in [7, 11) is 0. The number of halogens is 3. The summed E-state index contributed by atoms with van der Waals surface area (Å²) in [6.07, 6.45) is 1.51. The van der Waals surface area contributed by atoms with Crippen molar-refractivity contribution in [2.45, 2.75) is 6.54 Å². The van der Waals surface area contributed by atoms with Crippen LogP contribution in [0.1, 0.15) is 4.88 Å². The van der Waals surface area contributed by atoms with E-state index < -0.39 is 5.82 Å². The zero-order valence-corrected chi connectivity index (χ0v) is 12.6. The van der Waals surface area contributed by atoms with Crippen molar-refractivity contribution in [2.24, 2.45) is 0 Å². The predicted octanol–water partition coefficient (Wildman–Crippen LogP) is 3.96. The molecule has 0 bridgehead atoms. The van der Waals surface area contributed by atoms with E-state index in [9.17, 15) is 4.39 Å². The van der Waals surface area contributed by atoms with Gasteiger partial charge in [-0.05, 0) is 39.0 Å². The van der Waals surface area contributed by atoms with E-state index in [4.69, 9.17) is 11.6 Å². The first-order valence-electron chi connectivity index (χ1n) is 5.31. The minimum atomic E-state index is -0.412. The van der Waals surface area contributed by atoms with Gasteiger partial charge in [0.2, 0.25) is 5.28 Å². The lowest BCUT2D eigenvalue weighted by Crippen LogP contribution is -2.05. The average Bonchev–Trinajstić information content (AvgIpc) is 2.96. The highest BCUT2D eigenvalue weighted by Crippen LogP contribution is 2.27. The molecule has 0 saturated carbocycles. The Labute approximate surface area is 125 Å². The minimum absolute atomic E-state index is 0.0590. The van der Waals surface area contributed by atoms with Gasteiger partial charge in [0.05, 0.1) is 11.0 Å². The Morgan fingerprint density at radius 2 is 2.37 bits per heavy atom. The second-order valence-electron chi connectivity index (χ2n) is 3.75. The molecule has 3 aromatic rings. The minimum Gasteiger partial charge on any atom is -0.363 e. The lowest BCUT2D eigenvalue weighted by molar-refractivity contribution is 0.633. The molecule has 98 valence electrons. The molecule has 0 aromatic carbocycles. The molecule has 0 fully saturated rings. The largest absolute Gasteiger partial charge is 0.363 e. The monoisotopic (exact) mass is 360 g/mol. The number of aromatic nitrogens is 3. The maximum atomic E-state index is 14.0. The summed E-state index contributed by atoms with van der Waals surface area (Å²) in [5.74, 6) is -0.0399. The quantitative estimate of drug-likeness (QED) is 0.768. The summed E-state index contributed by atoms with van der Waals surface area (Å²) in [6.45, 7) is 0.558. The Kier molecular flexibility index (Phi) is 3.42. The van der Waals surface area contributed by atoms with Crippen LogP contribution in [0.15, 0.2) is 28.2 Å². The van der Waals surface area contributed by atoms with Crippen LogP contribution >= 0.6 is 38.9 Å². The molecule has 0 unspecified atom stereocenters. The summed E-state index contributed by atoms with van der Waals surface area (Å²) in [4.78, 5) is 5.17. The SMILES string of the molecule is Fc1c(Br)cn2nc(Cl)nc(NCc3cccs3)c12. The maximum absolute atomic E-state index is 14.0. The molecule has 0 aliphatic rings. The van der Waals surface area contributed by atoms with Crippen LogP contribution in [-0.4, -0.2) is 14.6 Å². The second-order valence-corrected chi connectivity index (χ2v) is 5.97. The smallest absolute Gasteiger partial charge is 0.243 e. The van der Waals surface area contributed by atoms with Gasteiger partial charge in [-0.25, -0.2) is 8.91 Å². The first-order chi connectivity index (χ1) is 9.15. The third-order valence-electron chi connectivity index (χ3n) is 2.51. The van der Waals surface area contributed by atoms with Crippen LogP contribution < -0.4 is 5.32 Å². The molecule has 0 aliphatic carbocycles. The summed E-state index contributed by atoms with van der Waals surface area (Å²) >= 11 is 10.6. The molecule has 8 heteroatoms. The van der Waals surface area contributed by atoms with Crippen molar-refractivity contribution >= 4 is 50.2 Å². The van der Waals surface area contributed by atoms with Gasteiger partial charge >= 0.3 is 0 Å². The molecule has 3 aromatic heterocycles. The number of thiophene rings is 1. The van der Waals surface area contributed by atoms with Gasteiger partial charge in [0.15, 0.2) is 11.6 Å². The molecule has 3 heterocycles. The first kappa shape index (κ1) is 12.8. The van der Waals surface area contributed by atoms with Crippen molar-refractivity contribution in [3.8, 4) is 0 Å². The number of rotatable bonds is 3. The second kappa shape index (κ2) is 5.07. The topological polar surface area (TPSA) is 42.2 Å². The van der Waals surface area contributed by atoms with E-state index in [1.54, 1.807) is 11.3 Å². The fourth-order valence-corrected chi connectivity index (χ4v) is 2.89. The summed E-state index contributed by atoms with van der Waals surface area (Å²) in [5, 5.41) is 9.04. The van der Waals surface area contributed by atoms with Crippen LogP contribution in [0.5, 0.6) is 0 Å². The van der Waals surface area contributed by atoms with Crippen molar-refractivity contribution in [3.05, 3.63) is 44.2 Å². The predicted molar refractivity (Wildman–Crippen MR) is 77.3 cm³/mol. The van der Waals surface area contributed by atoms with Gasteiger partial charge in [0.1, 0.15) is 5.52 Å². The zero-order valence-electron chi connectivity index (χ0n) is 9.40. The Morgan fingerprint density at radius 1 is 1.53 bits per heavy atom. The van der Waals surface area contributed by atoms with Gasteiger partial charge < -0.3 is 5.32 Å². The van der Waals surface area contributed by atoms with Crippen LogP contribution in [0, 0.1) is 5.82 Å². The molecule has 1 N–H and O–H groups in total. The van der Waals surface area contributed by atoms with Gasteiger partial charge in [-0.3, -0.25) is 0 Å². The number of hydrogen-bond donors (Lipinski definition) is 1. The molecule has 3 rings (SSSR count). The van der Waals surface area contributed by atoms with Crippen molar-refractivity contribution in [1.29, 1.82) is 0 Å². The number of nitrogens with zero attached hydrogens (tertiary/aromatic N) is 3. The molecule has 0 amide bonds. The molecular formula is C11H7BrClFN4S. The number of nitrogens with one attached hydrogen (secondary N) is 1. The lowest BCUT2D eigenvalue weighted by atomic mass is 10.4. The highest BCUT2D eigenvalue weighted by atomic mass is 79.9. The van der Waals surface area contributed by atoms with E-state index in [1.165, 1.54) is 10.7 Å². The van der Waals surface area contributed by atoms with Gasteiger partial charge in [-0.2, -0.15) is 4.98 Å². The Hall–Kier alpha value is -1.18. The van der Waals surface area contributed by atoms with Crippen molar-refractivity contribution in [2.75, 3.05) is 5.32 Å². The molecule has 0 spiro atoms. The van der Waals surface area contributed by atoms with Crippen molar-refractivity contribution in [3.63, 3.8) is 0 Å². The molecule has 0 saturated heterocycles.